The van der Waals surface area contributed by atoms with Crippen LogP contribution in [0.4, 0.5) is 5.69 Å². The fraction of sp³-hybridized carbons (Fsp3) is 0.200. The van der Waals surface area contributed by atoms with Gasteiger partial charge in [-0.1, -0.05) is 45.4 Å². The highest BCUT2D eigenvalue weighted by molar-refractivity contribution is 9.10. The first-order valence-electron chi connectivity index (χ1n) is 8.54. The molecule has 9 heteroatoms. The first kappa shape index (κ1) is 22.1. The van der Waals surface area contributed by atoms with Gasteiger partial charge in [-0.3, -0.25) is 9.59 Å². The number of rotatable bonds is 8. The van der Waals surface area contributed by atoms with Gasteiger partial charge in [0.25, 0.3) is 0 Å². The van der Waals surface area contributed by atoms with Gasteiger partial charge in [-0.05, 0) is 24.3 Å². The highest BCUT2D eigenvalue weighted by atomic mass is 79.9. The monoisotopic (exact) mass is 462 g/mol. The van der Waals surface area contributed by atoms with Gasteiger partial charge in [0.05, 0.1) is 24.8 Å². The summed E-state index contributed by atoms with van der Waals surface area (Å²) in [5.74, 6) is -1.66. The van der Waals surface area contributed by atoms with E-state index in [-0.39, 0.29) is 30.7 Å². The zero-order chi connectivity index (χ0) is 21.2. The Morgan fingerprint density at radius 2 is 1.76 bits per heavy atom. The number of hydrogen-bond donors (Lipinski definition) is 2. The minimum atomic E-state index is -0.625. The van der Waals surface area contributed by atoms with Crippen LogP contribution in [0, 0.1) is 0 Å². The second-order valence-electron chi connectivity index (χ2n) is 5.80. The normalized spacial score (nSPS) is 10.9. The lowest BCUT2D eigenvalue weighted by Crippen LogP contribution is -2.19. The molecule has 1 amide bonds. The summed E-state index contributed by atoms with van der Waals surface area (Å²) >= 11 is 3.30. The lowest BCUT2D eigenvalue weighted by atomic mass is 10.1. The summed E-state index contributed by atoms with van der Waals surface area (Å²) in [5, 5.41) is 14.8. The molecular formula is C20H19BrN2O6. The number of para-hydroxylation sites is 1. The van der Waals surface area contributed by atoms with E-state index in [0.717, 1.165) is 4.47 Å². The molecule has 152 valence electrons. The third-order valence-corrected chi connectivity index (χ3v) is 4.36. The Morgan fingerprint density at radius 3 is 2.41 bits per heavy atom. The van der Waals surface area contributed by atoms with Crippen LogP contribution in [0.5, 0.6) is 0 Å². The number of nitrogens with one attached hydrogen (secondary N) is 1. The molecule has 0 saturated heterocycles. The number of ether oxygens (including phenoxy) is 2. The lowest BCUT2D eigenvalue weighted by Gasteiger charge is -2.10. The van der Waals surface area contributed by atoms with Crippen LogP contribution in [-0.4, -0.2) is 42.5 Å². The van der Waals surface area contributed by atoms with Crippen molar-refractivity contribution >= 4 is 45.2 Å². The van der Waals surface area contributed by atoms with Gasteiger partial charge in [0.15, 0.2) is 0 Å². The molecule has 0 aliphatic rings. The average molecular weight is 463 g/mol. The fourth-order valence-corrected chi connectivity index (χ4v) is 2.61. The van der Waals surface area contributed by atoms with Gasteiger partial charge in [0.2, 0.25) is 5.91 Å². The number of amides is 1. The number of oxime groups is 1. The molecule has 0 aliphatic carbocycles. The number of carbonyl (C=O) groups is 3. The standard InChI is InChI=1S/C20H19BrN2O6/c1-28-20(26)15-4-2-3-5-16(15)22-18(24)10-11-19(25)29-12-17(23-27)13-6-8-14(21)9-7-13/h2-9,27H,10-12H2,1H3,(H,22,24)/b23-17+. The number of anilines is 1. The molecule has 0 fully saturated rings. The minimum absolute atomic E-state index is 0.141. The summed E-state index contributed by atoms with van der Waals surface area (Å²) in [6, 6.07) is 13.3. The van der Waals surface area contributed by atoms with Crippen molar-refractivity contribution < 1.29 is 29.1 Å². The molecule has 29 heavy (non-hydrogen) atoms. The summed E-state index contributed by atoms with van der Waals surface area (Å²) < 4.78 is 10.6. The number of halogens is 1. The number of esters is 2. The second-order valence-corrected chi connectivity index (χ2v) is 6.72. The van der Waals surface area contributed by atoms with E-state index in [1.807, 2.05) is 0 Å². The summed E-state index contributed by atoms with van der Waals surface area (Å²) in [6.45, 7) is -0.232. The summed E-state index contributed by atoms with van der Waals surface area (Å²) in [7, 11) is 1.25. The molecule has 0 atom stereocenters. The molecule has 2 aromatic rings. The Bertz CT molecular complexity index is 911. The van der Waals surface area contributed by atoms with E-state index in [0.29, 0.717) is 11.3 Å². The van der Waals surface area contributed by atoms with Gasteiger partial charge in [0, 0.05) is 16.5 Å². The molecule has 0 bridgehead atoms. The van der Waals surface area contributed by atoms with Gasteiger partial charge in [-0.2, -0.15) is 0 Å². The predicted molar refractivity (Wildman–Crippen MR) is 109 cm³/mol. The summed E-state index contributed by atoms with van der Waals surface area (Å²) in [4.78, 5) is 35.7. The molecule has 0 radical (unpaired) electrons. The van der Waals surface area contributed by atoms with Crippen LogP contribution >= 0.6 is 15.9 Å². The fourth-order valence-electron chi connectivity index (χ4n) is 2.34. The lowest BCUT2D eigenvalue weighted by molar-refractivity contribution is -0.143. The van der Waals surface area contributed by atoms with E-state index in [1.165, 1.54) is 13.2 Å². The predicted octanol–water partition coefficient (Wildman–Crippen LogP) is 3.38. The van der Waals surface area contributed by atoms with E-state index in [4.69, 9.17) is 9.94 Å². The molecular weight excluding hydrogens is 444 g/mol. The van der Waals surface area contributed by atoms with Crippen molar-refractivity contribution in [2.45, 2.75) is 12.8 Å². The van der Waals surface area contributed by atoms with E-state index < -0.39 is 17.8 Å². The van der Waals surface area contributed by atoms with Gasteiger partial charge in [-0.15, -0.1) is 0 Å². The molecule has 0 unspecified atom stereocenters. The first-order chi connectivity index (χ1) is 13.9. The van der Waals surface area contributed by atoms with Crippen LogP contribution in [0.3, 0.4) is 0 Å². The number of hydrogen-bond acceptors (Lipinski definition) is 7. The van der Waals surface area contributed by atoms with Crippen molar-refractivity contribution in [3.63, 3.8) is 0 Å². The molecule has 0 heterocycles. The van der Waals surface area contributed by atoms with Crippen LogP contribution in [0.25, 0.3) is 0 Å². The van der Waals surface area contributed by atoms with Gasteiger partial charge in [-0.25, -0.2) is 4.79 Å². The zero-order valence-electron chi connectivity index (χ0n) is 15.6. The van der Waals surface area contributed by atoms with Gasteiger partial charge < -0.3 is 20.0 Å². The van der Waals surface area contributed by atoms with Crippen molar-refractivity contribution in [2.24, 2.45) is 5.16 Å². The Labute approximate surface area is 175 Å². The van der Waals surface area contributed by atoms with E-state index in [2.05, 4.69) is 31.1 Å². The molecule has 2 aromatic carbocycles. The van der Waals surface area contributed by atoms with Crippen LogP contribution in [-0.2, 0) is 19.1 Å². The molecule has 0 aliphatic heterocycles. The van der Waals surface area contributed by atoms with E-state index in [1.54, 1.807) is 42.5 Å². The van der Waals surface area contributed by atoms with Crippen molar-refractivity contribution in [1.29, 1.82) is 0 Å². The number of benzene rings is 2. The topological polar surface area (TPSA) is 114 Å². The largest absolute Gasteiger partial charge is 0.465 e. The molecule has 8 nitrogen and oxygen atoms in total. The van der Waals surface area contributed by atoms with E-state index in [9.17, 15) is 14.4 Å². The highest BCUT2D eigenvalue weighted by Gasteiger charge is 2.15. The Kier molecular flexibility index (Phi) is 8.35. The van der Waals surface area contributed by atoms with Crippen LogP contribution in [0.2, 0.25) is 0 Å². The molecule has 0 spiro atoms. The number of methoxy groups -OCH3 is 1. The average Bonchev–Trinajstić information content (AvgIpc) is 2.73. The Hall–Kier alpha value is -3.20. The van der Waals surface area contributed by atoms with Crippen molar-refractivity contribution in [3.05, 3.63) is 64.1 Å². The number of nitrogens with zero attached hydrogens (tertiary/aromatic N) is 1. The SMILES string of the molecule is COC(=O)c1ccccc1NC(=O)CCC(=O)OC/C(=N\O)c1ccc(Br)cc1. The Morgan fingerprint density at radius 1 is 1.07 bits per heavy atom. The van der Waals surface area contributed by atoms with Crippen molar-refractivity contribution in [3.8, 4) is 0 Å². The molecule has 0 saturated carbocycles. The highest BCUT2D eigenvalue weighted by Crippen LogP contribution is 2.16. The first-order valence-corrected chi connectivity index (χ1v) is 9.33. The zero-order valence-corrected chi connectivity index (χ0v) is 17.1. The maximum Gasteiger partial charge on any atom is 0.339 e. The van der Waals surface area contributed by atoms with Gasteiger partial charge in [0.1, 0.15) is 12.3 Å². The van der Waals surface area contributed by atoms with Crippen molar-refractivity contribution in [2.75, 3.05) is 19.0 Å². The Balaban J connectivity index is 1.84. The number of carbonyl (C=O) groups excluding carboxylic acids is 3. The maximum atomic E-state index is 12.1. The third-order valence-electron chi connectivity index (χ3n) is 3.83. The smallest absolute Gasteiger partial charge is 0.339 e. The van der Waals surface area contributed by atoms with Crippen LogP contribution in [0.15, 0.2) is 58.2 Å². The van der Waals surface area contributed by atoms with Gasteiger partial charge >= 0.3 is 11.9 Å². The molecule has 0 aromatic heterocycles. The quantitative estimate of drug-likeness (QED) is 0.269. The summed E-state index contributed by atoms with van der Waals surface area (Å²) in [6.07, 6.45) is -0.316. The molecule has 2 N–H and O–H groups in total. The van der Waals surface area contributed by atoms with Crippen LogP contribution < -0.4 is 5.32 Å². The van der Waals surface area contributed by atoms with Crippen LogP contribution in [0.1, 0.15) is 28.8 Å². The maximum absolute atomic E-state index is 12.1. The van der Waals surface area contributed by atoms with Crippen molar-refractivity contribution in [1.82, 2.24) is 0 Å². The third kappa shape index (κ3) is 6.72. The summed E-state index contributed by atoms with van der Waals surface area (Å²) in [5.41, 5.74) is 1.29. The second kappa shape index (κ2) is 11.0. The van der Waals surface area contributed by atoms with E-state index >= 15 is 0 Å². The molecule has 2 rings (SSSR count). The minimum Gasteiger partial charge on any atom is -0.465 e.